The fourth-order valence-electron chi connectivity index (χ4n) is 1.46. The van der Waals surface area contributed by atoms with Gasteiger partial charge < -0.3 is 17.9 Å². The Morgan fingerprint density at radius 3 is 2.56 bits per heavy atom. The summed E-state index contributed by atoms with van der Waals surface area (Å²) in [5.41, 5.74) is 1.28. The van der Waals surface area contributed by atoms with Crippen LogP contribution >= 0.6 is 0 Å². The summed E-state index contributed by atoms with van der Waals surface area (Å²) < 4.78 is 36.1. The molecule has 2 rings (SSSR count). The third-order valence-corrected chi connectivity index (χ3v) is 2.11. The Labute approximate surface area is 134 Å². The van der Waals surface area contributed by atoms with E-state index in [1.807, 2.05) is 12.1 Å². The Hall–Kier alpha value is -0.00870. The summed E-state index contributed by atoms with van der Waals surface area (Å²) in [6.45, 7) is -4.87. The topological polar surface area (TPSA) is 15.8 Å². The van der Waals surface area contributed by atoms with Gasteiger partial charge in [0.25, 0.3) is 0 Å². The molecule has 0 spiro atoms. The minimum absolute atomic E-state index is 0. The summed E-state index contributed by atoms with van der Waals surface area (Å²) in [6, 6.07) is 7.06. The molecule has 2 aromatic rings. The van der Waals surface area contributed by atoms with Gasteiger partial charge >= 0.3 is 58.4 Å². The maximum atomic E-state index is 12.0. The average Bonchev–Trinajstić information content (AvgIpc) is 2.61. The summed E-state index contributed by atoms with van der Waals surface area (Å²) in [5.74, 6) is 0.301. The monoisotopic (exact) mass is 249 g/mol. The van der Waals surface area contributed by atoms with Crippen LogP contribution in [-0.2, 0) is 0 Å². The number of hydrogen-bond donors (Lipinski definition) is 1. The molecule has 0 saturated carbocycles. The molecule has 1 nitrogen and oxygen atoms in total. The largest absolute Gasteiger partial charge is 1.00 e. The molecule has 0 saturated heterocycles. The summed E-state index contributed by atoms with van der Waals surface area (Å²) in [7, 11) is 0. The van der Waals surface area contributed by atoms with E-state index in [1.165, 1.54) is 0 Å². The van der Waals surface area contributed by atoms with E-state index in [4.69, 9.17) is 0 Å². The van der Waals surface area contributed by atoms with Crippen molar-refractivity contribution >= 4 is 24.0 Å². The zero-order valence-corrected chi connectivity index (χ0v) is 11.9. The summed E-state index contributed by atoms with van der Waals surface area (Å²) >= 11 is 0. The van der Waals surface area contributed by atoms with Gasteiger partial charge in [0.1, 0.15) is 0 Å². The molecule has 0 fully saturated rings. The van der Waals surface area contributed by atoms with E-state index >= 15 is 0 Å². The predicted molar refractivity (Wildman–Crippen MR) is 56.4 cm³/mol. The van der Waals surface area contributed by atoms with Gasteiger partial charge in [-0.15, -0.1) is 5.98 Å². The van der Waals surface area contributed by atoms with Crippen molar-refractivity contribution in [3.63, 3.8) is 0 Å². The number of para-hydroxylation sites is 1. The molecular formula is C10H8BF3KN. The quantitative estimate of drug-likeness (QED) is 0.749. The van der Waals surface area contributed by atoms with E-state index in [0.29, 0.717) is 11.5 Å². The van der Waals surface area contributed by atoms with Gasteiger partial charge in [0.2, 0.25) is 0 Å². The van der Waals surface area contributed by atoms with Gasteiger partial charge in [0, 0.05) is 6.20 Å². The van der Waals surface area contributed by atoms with E-state index in [-0.39, 0.29) is 51.4 Å². The Morgan fingerprint density at radius 2 is 1.88 bits per heavy atom. The zero-order valence-electron chi connectivity index (χ0n) is 8.75. The third-order valence-electron chi connectivity index (χ3n) is 2.11. The molecule has 6 heteroatoms. The Kier molecular flexibility index (Phi) is 4.88. The molecule has 16 heavy (non-hydrogen) atoms. The predicted octanol–water partition coefficient (Wildman–Crippen LogP) is 0.572. The van der Waals surface area contributed by atoms with Crippen molar-refractivity contribution in [1.29, 1.82) is 0 Å². The van der Waals surface area contributed by atoms with Crippen molar-refractivity contribution in [3.8, 4) is 0 Å². The first kappa shape index (κ1) is 14.1. The Bertz CT molecular complexity index is 504. The SMILES string of the molecule is F[B-](F)(F)/C=C/c1cccc2cc[nH]c12.[K+]. The standard InChI is InChI=1S/C10H8BF3N.K/c12-11(13,14)6-4-8-2-1-3-9-5-7-15-10(8)9;/h1-7,15H;/q-1;+1/b6-4+;. The van der Waals surface area contributed by atoms with E-state index in [2.05, 4.69) is 4.98 Å². The van der Waals surface area contributed by atoms with Gasteiger partial charge in [-0.3, -0.25) is 0 Å². The van der Waals surface area contributed by atoms with Crippen LogP contribution in [0.3, 0.4) is 0 Å². The Morgan fingerprint density at radius 1 is 1.12 bits per heavy atom. The van der Waals surface area contributed by atoms with Crippen LogP contribution in [0.1, 0.15) is 5.56 Å². The minimum Gasteiger partial charge on any atom is -0.445 e. The summed E-state index contributed by atoms with van der Waals surface area (Å²) in [4.78, 5) is 2.91. The molecule has 0 bridgehead atoms. The number of benzene rings is 1. The maximum absolute atomic E-state index is 12.0. The first-order chi connectivity index (χ1) is 7.06. The minimum atomic E-state index is -4.87. The molecular weight excluding hydrogens is 241 g/mol. The fourth-order valence-corrected chi connectivity index (χ4v) is 1.46. The smallest absolute Gasteiger partial charge is 0.445 e. The van der Waals surface area contributed by atoms with Crippen LogP contribution in [-0.4, -0.2) is 12.0 Å². The number of aromatic nitrogens is 1. The molecule has 1 N–H and O–H groups in total. The third kappa shape index (κ3) is 3.50. The van der Waals surface area contributed by atoms with Crippen molar-refractivity contribution in [3.05, 3.63) is 42.0 Å². The first-order valence-corrected chi connectivity index (χ1v) is 4.51. The van der Waals surface area contributed by atoms with Crippen LogP contribution in [0.25, 0.3) is 17.0 Å². The van der Waals surface area contributed by atoms with Crippen LogP contribution in [0.15, 0.2) is 36.4 Å². The molecule has 0 unspecified atom stereocenters. The molecule has 1 heterocycles. The summed E-state index contributed by atoms with van der Waals surface area (Å²) in [5, 5.41) is 0.909. The van der Waals surface area contributed by atoms with Gasteiger partial charge in [0.05, 0.1) is 5.52 Å². The maximum Gasteiger partial charge on any atom is 1.00 e. The van der Waals surface area contributed by atoms with Crippen molar-refractivity contribution in [2.75, 3.05) is 0 Å². The first-order valence-electron chi connectivity index (χ1n) is 4.51. The van der Waals surface area contributed by atoms with Gasteiger partial charge in [-0.05, 0) is 17.0 Å². The summed E-state index contributed by atoms with van der Waals surface area (Å²) in [6.07, 6.45) is 2.81. The van der Waals surface area contributed by atoms with E-state index in [0.717, 1.165) is 17.0 Å². The molecule has 0 atom stereocenters. The molecule has 0 aliphatic heterocycles. The van der Waals surface area contributed by atoms with Crippen LogP contribution in [0.2, 0.25) is 0 Å². The van der Waals surface area contributed by atoms with Crippen molar-refractivity contribution in [2.45, 2.75) is 0 Å². The molecule has 78 valence electrons. The molecule has 0 radical (unpaired) electrons. The molecule has 0 aliphatic carbocycles. The molecule has 0 aliphatic rings. The van der Waals surface area contributed by atoms with Gasteiger partial charge in [-0.2, -0.15) is 0 Å². The van der Waals surface area contributed by atoms with Crippen LogP contribution in [0, 0.1) is 0 Å². The second-order valence-electron chi connectivity index (χ2n) is 3.27. The number of fused-ring (bicyclic) bond motifs is 1. The number of H-pyrrole nitrogens is 1. The van der Waals surface area contributed by atoms with Crippen molar-refractivity contribution in [1.82, 2.24) is 4.98 Å². The van der Waals surface area contributed by atoms with Crippen LogP contribution in [0.4, 0.5) is 12.9 Å². The van der Waals surface area contributed by atoms with Gasteiger partial charge in [-0.1, -0.05) is 24.3 Å². The number of nitrogens with one attached hydrogen (secondary N) is 1. The van der Waals surface area contributed by atoms with Crippen molar-refractivity contribution < 1.29 is 64.3 Å². The zero-order chi connectivity index (χ0) is 10.9. The van der Waals surface area contributed by atoms with Gasteiger partial charge in [0.15, 0.2) is 0 Å². The molecule has 1 aromatic carbocycles. The number of aromatic amines is 1. The van der Waals surface area contributed by atoms with E-state index < -0.39 is 6.98 Å². The number of halogens is 3. The van der Waals surface area contributed by atoms with E-state index in [9.17, 15) is 12.9 Å². The van der Waals surface area contributed by atoms with Crippen LogP contribution < -0.4 is 51.4 Å². The van der Waals surface area contributed by atoms with Crippen LogP contribution in [0.5, 0.6) is 0 Å². The molecule has 1 aromatic heterocycles. The van der Waals surface area contributed by atoms with Crippen molar-refractivity contribution in [2.24, 2.45) is 0 Å². The molecule has 0 amide bonds. The van der Waals surface area contributed by atoms with Gasteiger partial charge in [-0.25, -0.2) is 0 Å². The second kappa shape index (κ2) is 5.55. The average molecular weight is 249 g/mol. The number of rotatable bonds is 2. The number of hydrogen-bond acceptors (Lipinski definition) is 0. The second-order valence-corrected chi connectivity index (χ2v) is 3.27. The normalized spacial score (nSPS) is 11.9. The fraction of sp³-hybridized carbons (Fsp3) is 0. The Balaban J connectivity index is 0.00000128. The van der Waals surface area contributed by atoms with E-state index in [1.54, 1.807) is 18.3 Å².